The Morgan fingerprint density at radius 2 is 1.50 bits per heavy atom. The van der Waals surface area contributed by atoms with E-state index in [1.165, 1.54) is 38.8 Å². The number of hydrogen-bond acceptors (Lipinski definition) is 5. The van der Waals surface area contributed by atoms with Crippen LogP contribution in [0.1, 0.15) is 38.5 Å². The molecular weight excluding hydrogens is 262 g/mol. The molecule has 0 spiro atoms. The number of likely N-dealkylation sites (tertiary alicyclic amines) is 2. The largest absolute Gasteiger partial charge is 0.328 e. The fourth-order valence-corrected chi connectivity index (χ4v) is 3.08. The predicted octanol–water partition coefficient (Wildman–Crippen LogP) is 1.18. The molecule has 116 valence electrons. The molecule has 2 unspecified atom stereocenters. The normalized spacial score (nSPS) is 27.1. The third kappa shape index (κ3) is 5.83. The highest BCUT2D eigenvalue weighted by atomic mass is 16.9. The Balaban J connectivity index is 0.000000444. The van der Waals surface area contributed by atoms with E-state index in [-0.39, 0.29) is 0 Å². The molecule has 2 aliphatic rings. The quantitative estimate of drug-likeness (QED) is 0.617. The third-order valence-corrected chi connectivity index (χ3v) is 4.27. The number of Topliss-reactive ketones (excluding diaryl/α,β-unsaturated/α-hetero) is 1. The van der Waals surface area contributed by atoms with E-state index in [0.29, 0.717) is 17.9 Å². The number of hydrogen-bond donors (Lipinski definition) is 1. The van der Waals surface area contributed by atoms with E-state index in [9.17, 15) is 4.79 Å². The number of carbonyl (C=O) groups is 1. The Kier molecular flexibility index (Phi) is 6.87. The summed E-state index contributed by atoms with van der Waals surface area (Å²) in [5.74, 6) is 0.470. The van der Waals surface area contributed by atoms with Gasteiger partial charge in [0.1, 0.15) is 5.78 Å². The third-order valence-electron chi connectivity index (χ3n) is 4.27. The van der Waals surface area contributed by atoms with Crippen LogP contribution in [-0.2, 0) is 4.79 Å². The lowest BCUT2D eigenvalue weighted by molar-refractivity contribution is -0.742. The second kappa shape index (κ2) is 8.16. The summed E-state index contributed by atoms with van der Waals surface area (Å²) < 4.78 is 0. The SMILES string of the molecule is CN1CCCC1CC(=O)CC1CCCN1C.O=[N+]([O-])O. The van der Waals surface area contributed by atoms with Gasteiger partial charge in [0.15, 0.2) is 0 Å². The van der Waals surface area contributed by atoms with Gasteiger partial charge in [-0.05, 0) is 52.9 Å². The molecule has 0 aromatic heterocycles. The van der Waals surface area contributed by atoms with Gasteiger partial charge in [-0.2, -0.15) is 0 Å². The molecule has 2 rings (SSSR count). The fraction of sp³-hybridized carbons (Fsp3) is 0.923. The highest BCUT2D eigenvalue weighted by Crippen LogP contribution is 2.22. The number of carbonyl (C=O) groups excluding carboxylic acids is 1. The molecule has 0 saturated carbocycles. The average molecular weight is 287 g/mol. The van der Waals surface area contributed by atoms with Gasteiger partial charge in [-0.1, -0.05) is 0 Å². The standard InChI is InChI=1S/C13H24N2O.HNO3/c1-14-7-3-5-11(14)9-13(16)10-12-6-4-8-15(12)2;2-1(3)4/h11-12H,3-10H2,1-2H3;(H,2,3,4). The molecule has 0 aliphatic carbocycles. The molecule has 0 bridgehead atoms. The first-order chi connectivity index (χ1) is 9.40. The van der Waals surface area contributed by atoms with E-state index in [2.05, 4.69) is 23.9 Å². The zero-order valence-corrected chi connectivity index (χ0v) is 12.3. The van der Waals surface area contributed by atoms with Crippen molar-refractivity contribution in [3.63, 3.8) is 0 Å². The van der Waals surface area contributed by atoms with Gasteiger partial charge in [-0.3, -0.25) is 4.79 Å². The van der Waals surface area contributed by atoms with Crippen LogP contribution in [0.25, 0.3) is 0 Å². The Morgan fingerprint density at radius 3 is 1.75 bits per heavy atom. The summed E-state index contributed by atoms with van der Waals surface area (Å²) in [6, 6.07) is 1.05. The molecule has 7 nitrogen and oxygen atoms in total. The van der Waals surface area contributed by atoms with Gasteiger partial charge < -0.3 is 15.0 Å². The zero-order chi connectivity index (χ0) is 15.1. The predicted molar refractivity (Wildman–Crippen MR) is 74.3 cm³/mol. The molecule has 2 atom stereocenters. The number of nitrogens with zero attached hydrogens (tertiary/aromatic N) is 3. The van der Waals surface area contributed by atoms with Crippen LogP contribution in [0.4, 0.5) is 0 Å². The smallest absolute Gasteiger partial charge is 0.291 e. The van der Waals surface area contributed by atoms with Crippen LogP contribution in [0.5, 0.6) is 0 Å². The van der Waals surface area contributed by atoms with Crippen LogP contribution in [0, 0.1) is 10.1 Å². The van der Waals surface area contributed by atoms with Crippen molar-refractivity contribution in [2.75, 3.05) is 27.2 Å². The fourth-order valence-electron chi connectivity index (χ4n) is 3.08. The molecule has 0 aromatic rings. The highest BCUT2D eigenvalue weighted by molar-refractivity contribution is 5.79. The van der Waals surface area contributed by atoms with Crippen molar-refractivity contribution < 1.29 is 15.1 Å². The first kappa shape index (κ1) is 16.8. The minimum atomic E-state index is -1.50. The summed E-state index contributed by atoms with van der Waals surface area (Å²) in [5, 5.41) is 13.6. The number of ketones is 1. The van der Waals surface area contributed by atoms with Crippen LogP contribution in [0.15, 0.2) is 0 Å². The maximum atomic E-state index is 12.0. The molecule has 20 heavy (non-hydrogen) atoms. The average Bonchev–Trinajstić information content (AvgIpc) is 2.89. The minimum absolute atomic E-state index is 0.470. The molecule has 2 heterocycles. The van der Waals surface area contributed by atoms with Gasteiger partial charge in [0.2, 0.25) is 0 Å². The van der Waals surface area contributed by atoms with Gasteiger partial charge >= 0.3 is 0 Å². The lowest BCUT2D eigenvalue weighted by Crippen LogP contribution is -2.31. The van der Waals surface area contributed by atoms with Crippen LogP contribution in [0.3, 0.4) is 0 Å². The second-order valence-corrected chi connectivity index (χ2v) is 5.74. The topological polar surface area (TPSA) is 86.9 Å². The zero-order valence-electron chi connectivity index (χ0n) is 12.3. The highest BCUT2D eigenvalue weighted by Gasteiger charge is 2.27. The van der Waals surface area contributed by atoms with E-state index >= 15 is 0 Å². The summed E-state index contributed by atoms with van der Waals surface area (Å²) in [6.07, 6.45) is 6.50. The Hall–Kier alpha value is -1.21. The molecule has 7 heteroatoms. The molecule has 0 amide bonds. The molecule has 2 aliphatic heterocycles. The Bertz CT molecular complexity index is 310. The van der Waals surface area contributed by atoms with Crippen molar-refractivity contribution in [1.29, 1.82) is 0 Å². The van der Waals surface area contributed by atoms with Crippen LogP contribution in [0.2, 0.25) is 0 Å². The van der Waals surface area contributed by atoms with Crippen molar-refractivity contribution in [3.8, 4) is 0 Å². The lowest BCUT2D eigenvalue weighted by atomic mass is 10.0. The van der Waals surface area contributed by atoms with E-state index in [1.807, 2.05) is 0 Å². The van der Waals surface area contributed by atoms with Crippen LogP contribution >= 0.6 is 0 Å². The lowest BCUT2D eigenvalue weighted by Gasteiger charge is -2.21. The molecule has 2 saturated heterocycles. The molecule has 0 aromatic carbocycles. The second-order valence-electron chi connectivity index (χ2n) is 5.74. The van der Waals surface area contributed by atoms with Crippen LogP contribution < -0.4 is 0 Å². The van der Waals surface area contributed by atoms with Gasteiger partial charge in [0.05, 0.1) is 0 Å². The molecular formula is C13H25N3O4. The van der Waals surface area contributed by atoms with Crippen LogP contribution in [-0.4, -0.2) is 65.1 Å². The minimum Gasteiger partial charge on any atom is -0.328 e. The maximum absolute atomic E-state index is 12.0. The summed E-state index contributed by atoms with van der Waals surface area (Å²) >= 11 is 0. The Labute approximate surface area is 119 Å². The van der Waals surface area contributed by atoms with Crippen molar-refractivity contribution in [2.24, 2.45) is 0 Å². The van der Waals surface area contributed by atoms with Gasteiger partial charge in [0, 0.05) is 24.9 Å². The first-order valence-electron chi connectivity index (χ1n) is 7.15. The van der Waals surface area contributed by atoms with E-state index in [4.69, 9.17) is 15.3 Å². The van der Waals surface area contributed by atoms with E-state index in [1.54, 1.807) is 0 Å². The monoisotopic (exact) mass is 287 g/mol. The van der Waals surface area contributed by atoms with Crippen molar-refractivity contribution in [3.05, 3.63) is 10.1 Å². The summed E-state index contributed by atoms with van der Waals surface area (Å²) in [7, 11) is 4.29. The molecule has 0 radical (unpaired) electrons. The maximum Gasteiger partial charge on any atom is 0.291 e. The first-order valence-corrected chi connectivity index (χ1v) is 7.15. The van der Waals surface area contributed by atoms with Crippen molar-refractivity contribution in [1.82, 2.24) is 9.80 Å². The molecule has 1 N–H and O–H groups in total. The van der Waals surface area contributed by atoms with Gasteiger partial charge in [0.25, 0.3) is 5.09 Å². The molecule has 2 fully saturated rings. The van der Waals surface area contributed by atoms with E-state index < -0.39 is 5.09 Å². The summed E-state index contributed by atoms with van der Waals surface area (Å²) in [4.78, 5) is 25.0. The summed E-state index contributed by atoms with van der Waals surface area (Å²) in [5.41, 5.74) is 0. The van der Waals surface area contributed by atoms with Crippen molar-refractivity contribution >= 4 is 5.78 Å². The number of rotatable bonds is 4. The van der Waals surface area contributed by atoms with Gasteiger partial charge in [-0.15, -0.1) is 10.1 Å². The summed E-state index contributed by atoms with van der Waals surface area (Å²) in [6.45, 7) is 2.34. The Morgan fingerprint density at radius 1 is 1.15 bits per heavy atom. The van der Waals surface area contributed by atoms with E-state index in [0.717, 1.165) is 12.8 Å². The van der Waals surface area contributed by atoms with Crippen molar-refractivity contribution in [2.45, 2.75) is 50.6 Å². The van der Waals surface area contributed by atoms with Gasteiger partial charge in [-0.25, -0.2) is 0 Å².